The van der Waals surface area contributed by atoms with Crippen LogP contribution in [0.2, 0.25) is 0 Å². The van der Waals surface area contributed by atoms with Crippen LogP contribution < -0.4 is 15.4 Å². The normalized spacial score (nSPS) is 18.4. The Balaban J connectivity index is 0.00000341. The number of sulfonamides is 1. The van der Waals surface area contributed by atoms with Crippen LogP contribution in [0.15, 0.2) is 23.2 Å². The van der Waals surface area contributed by atoms with Gasteiger partial charge in [0, 0.05) is 31.7 Å². The number of aryl methyl sites for hydroxylation is 1. The lowest BCUT2D eigenvalue weighted by Gasteiger charge is -2.30. The SMILES string of the molecule is CCNC(=NCc1ccc(C)cc1OCC1CC1)NCC1CCN(S(C)(=O)=O)CC1.I. The Morgan fingerprint density at radius 1 is 1.16 bits per heavy atom. The molecule has 1 saturated carbocycles. The molecule has 1 saturated heterocycles. The standard InChI is InChI=1S/C22H36N4O3S.HI/c1-4-23-22(24-14-18-9-11-26(12-10-18)30(3,27)28)25-15-20-8-5-17(2)13-21(20)29-16-19-6-7-19;/h5,8,13,18-19H,4,6-7,9-12,14-16H2,1-3H3,(H2,23,24,25);1H. The second-order valence-electron chi connectivity index (χ2n) is 8.55. The minimum absolute atomic E-state index is 0. The summed E-state index contributed by atoms with van der Waals surface area (Å²) in [4.78, 5) is 4.76. The van der Waals surface area contributed by atoms with Crippen LogP contribution in [0, 0.1) is 18.8 Å². The smallest absolute Gasteiger partial charge is 0.211 e. The first-order chi connectivity index (χ1) is 14.3. The monoisotopic (exact) mass is 564 g/mol. The third-order valence-corrected chi connectivity index (χ3v) is 7.05. The van der Waals surface area contributed by atoms with Gasteiger partial charge in [0.25, 0.3) is 0 Å². The molecule has 9 heteroatoms. The Labute approximate surface area is 204 Å². The first-order valence-corrected chi connectivity index (χ1v) is 12.9. The number of nitrogens with zero attached hydrogens (tertiary/aromatic N) is 2. The number of aliphatic imine (C=N–C) groups is 1. The van der Waals surface area contributed by atoms with Crippen molar-refractivity contribution in [2.24, 2.45) is 16.8 Å². The summed E-state index contributed by atoms with van der Waals surface area (Å²) in [6.45, 7) is 8.27. The number of hydrogen-bond acceptors (Lipinski definition) is 4. The van der Waals surface area contributed by atoms with Crippen molar-refractivity contribution in [2.45, 2.75) is 46.1 Å². The third-order valence-electron chi connectivity index (χ3n) is 5.75. The summed E-state index contributed by atoms with van der Waals surface area (Å²) in [6.07, 6.45) is 5.58. The fourth-order valence-corrected chi connectivity index (χ4v) is 4.49. The van der Waals surface area contributed by atoms with Gasteiger partial charge in [-0.3, -0.25) is 0 Å². The first-order valence-electron chi connectivity index (χ1n) is 11.0. The van der Waals surface area contributed by atoms with Gasteiger partial charge in [-0.05, 0) is 63.0 Å². The fraction of sp³-hybridized carbons (Fsp3) is 0.682. The van der Waals surface area contributed by atoms with Crippen LogP contribution >= 0.6 is 24.0 Å². The third kappa shape index (κ3) is 8.76. The molecular weight excluding hydrogens is 527 g/mol. The fourth-order valence-electron chi connectivity index (χ4n) is 3.61. The van der Waals surface area contributed by atoms with E-state index in [-0.39, 0.29) is 24.0 Å². The molecule has 31 heavy (non-hydrogen) atoms. The molecule has 2 aliphatic rings. The summed E-state index contributed by atoms with van der Waals surface area (Å²) in [7, 11) is -3.08. The molecule has 7 nitrogen and oxygen atoms in total. The Kier molecular flexibility index (Phi) is 10.3. The number of ether oxygens (including phenoxy) is 1. The zero-order valence-corrected chi connectivity index (χ0v) is 22.0. The summed E-state index contributed by atoms with van der Waals surface area (Å²) in [5.41, 5.74) is 2.29. The van der Waals surface area contributed by atoms with Crippen molar-refractivity contribution in [1.29, 1.82) is 0 Å². The molecule has 3 rings (SSSR count). The van der Waals surface area contributed by atoms with E-state index in [0.717, 1.165) is 55.7 Å². The molecule has 0 bridgehead atoms. The second-order valence-corrected chi connectivity index (χ2v) is 10.5. The maximum atomic E-state index is 11.7. The topological polar surface area (TPSA) is 83.0 Å². The predicted molar refractivity (Wildman–Crippen MR) is 137 cm³/mol. The van der Waals surface area contributed by atoms with Crippen LogP contribution in [0.1, 0.15) is 43.7 Å². The van der Waals surface area contributed by atoms with E-state index in [1.165, 1.54) is 24.7 Å². The lowest BCUT2D eigenvalue weighted by Crippen LogP contribution is -2.44. The Hall–Kier alpha value is -1.07. The van der Waals surface area contributed by atoms with Crippen molar-refractivity contribution in [3.05, 3.63) is 29.3 Å². The summed E-state index contributed by atoms with van der Waals surface area (Å²) in [5.74, 6) is 2.89. The molecule has 0 spiro atoms. The average molecular weight is 565 g/mol. The minimum Gasteiger partial charge on any atom is -0.493 e. The molecule has 0 aromatic heterocycles. The lowest BCUT2D eigenvalue weighted by molar-refractivity contribution is 0.275. The van der Waals surface area contributed by atoms with Gasteiger partial charge < -0.3 is 15.4 Å². The number of nitrogens with one attached hydrogen (secondary N) is 2. The van der Waals surface area contributed by atoms with Crippen LogP contribution in [-0.2, 0) is 16.6 Å². The van der Waals surface area contributed by atoms with Gasteiger partial charge >= 0.3 is 0 Å². The van der Waals surface area contributed by atoms with Gasteiger partial charge in [0.1, 0.15) is 5.75 Å². The Bertz CT molecular complexity index is 835. The quantitative estimate of drug-likeness (QED) is 0.274. The summed E-state index contributed by atoms with van der Waals surface area (Å²) < 4.78 is 31.0. The average Bonchev–Trinajstić information content (AvgIpc) is 3.53. The molecule has 1 aromatic rings. The highest BCUT2D eigenvalue weighted by Crippen LogP contribution is 2.31. The van der Waals surface area contributed by atoms with E-state index in [4.69, 9.17) is 9.73 Å². The highest BCUT2D eigenvalue weighted by molar-refractivity contribution is 14.0. The summed E-state index contributed by atoms with van der Waals surface area (Å²) in [6, 6.07) is 6.30. The number of halogens is 1. The van der Waals surface area contributed by atoms with Crippen LogP contribution in [-0.4, -0.2) is 57.7 Å². The first kappa shape index (κ1) is 26.2. The highest BCUT2D eigenvalue weighted by Gasteiger charge is 2.25. The lowest BCUT2D eigenvalue weighted by atomic mass is 9.98. The predicted octanol–water partition coefficient (Wildman–Crippen LogP) is 3.13. The molecule has 2 N–H and O–H groups in total. The van der Waals surface area contributed by atoms with E-state index in [1.54, 1.807) is 4.31 Å². The molecule has 0 radical (unpaired) electrons. The summed E-state index contributed by atoms with van der Waals surface area (Å²) >= 11 is 0. The molecule has 1 aliphatic carbocycles. The number of rotatable bonds is 9. The number of piperidine rings is 1. The number of hydrogen-bond donors (Lipinski definition) is 2. The van der Waals surface area contributed by atoms with Gasteiger partial charge in [-0.25, -0.2) is 17.7 Å². The molecule has 176 valence electrons. The van der Waals surface area contributed by atoms with Crippen LogP contribution in [0.4, 0.5) is 0 Å². The van der Waals surface area contributed by atoms with Crippen molar-refractivity contribution >= 4 is 40.0 Å². The van der Waals surface area contributed by atoms with E-state index in [2.05, 4.69) is 42.7 Å². The highest BCUT2D eigenvalue weighted by atomic mass is 127. The molecule has 2 fully saturated rings. The molecule has 1 aromatic carbocycles. The van der Waals surface area contributed by atoms with Crippen LogP contribution in [0.25, 0.3) is 0 Å². The van der Waals surface area contributed by atoms with Gasteiger partial charge in [-0.15, -0.1) is 24.0 Å². The van der Waals surface area contributed by atoms with Crippen molar-refractivity contribution in [1.82, 2.24) is 14.9 Å². The van der Waals surface area contributed by atoms with Gasteiger partial charge in [-0.2, -0.15) is 0 Å². The molecule has 1 aliphatic heterocycles. The maximum absolute atomic E-state index is 11.7. The molecule has 0 atom stereocenters. The Morgan fingerprint density at radius 2 is 1.87 bits per heavy atom. The van der Waals surface area contributed by atoms with Gasteiger partial charge in [0.05, 0.1) is 19.4 Å². The molecule has 1 heterocycles. The van der Waals surface area contributed by atoms with E-state index >= 15 is 0 Å². The minimum atomic E-state index is -3.08. The van der Waals surface area contributed by atoms with E-state index in [9.17, 15) is 8.42 Å². The van der Waals surface area contributed by atoms with Crippen LogP contribution in [0.5, 0.6) is 5.75 Å². The Morgan fingerprint density at radius 3 is 2.48 bits per heavy atom. The maximum Gasteiger partial charge on any atom is 0.211 e. The summed E-state index contributed by atoms with van der Waals surface area (Å²) in [5, 5.41) is 6.74. The zero-order chi connectivity index (χ0) is 21.6. The van der Waals surface area contributed by atoms with Crippen molar-refractivity contribution in [2.75, 3.05) is 39.0 Å². The van der Waals surface area contributed by atoms with Crippen LogP contribution in [0.3, 0.4) is 0 Å². The largest absolute Gasteiger partial charge is 0.493 e. The molecular formula is C22H37IN4O3S. The van der Waals surface area contributed by atoms with E-state index < -0.39 is 10.0 Å². The molecule has 0 unspecified atom stereocenters. The number of benzene rings is 1. The van der Waals surface area contributed by atoms with Crippen molar-refractivity contribution < 1.29 is 13.2 Å². The van der Waals surface area contributed by atoms with E-state index in [1.807, 2.05) is 0 Å². The zero-order valence-electron chi connectivity index (χ0n) is 18.9. The van der Waals surface area contributed by atoms with Crippen molar-refractivity contribution in [3.63, 3.8) is 0 Å². The number of guanidine groups is 1. The second kappa shape index (κ2) is 12.2. The van der Waals surface area contributed by atoms with Gasteiger partial charge in [0.15, 0.2) is 5.96 Å². The van der Waals surface area contributed by atoms with Gasteiger partial charge in [0.2, 0.25) is 10.0 Å². The van der Waals surface area contributed by atoms with E-state index in [0.29, 0.717) is 25.6 Å². The van der Waals surface area contributed by atoms with Crippen molar-refractivity contribution in [3.8, 4) is 5.75 Å². The molecule has 0 amide bonds. The van der Waals surface area contributed by atoms with Gasteiger partial charge in [-0.1, -0.05) is 12.1 Å².